The second-order valence-electron chi connectivity index (χ2n) is 6.16. The van der Waals surface area contributed by atoms with Gasteiger partial charge < -0.3 is 15.0 Å². The molecule has 0 aromatic rings. The second kappa shape index (κ2) is 7.07. The molecule has 21 heavy (non-hydrogen) atoms. The molecule has 5 nitrogen and oxygen atoms in total. The molecule has 2 amide bonds. The van der Waals surface area contributed by atoms with Gasteiger partial charge in [0.15, 0.2) is 0 Å². The third-order valence-corrected chi connectivity index (χ3v) is 4.45. The second-order valence-corrected chi connectivity index (χ2v) is 6.16. The first-order valence-electron chi connectivity index (χ1n) is 7.82. The van der Waals surface area contributed by atoms with Crippen molar-refractivity contribution in [3.63, 3.8) is 0 Å². The summed E-state index contributed by atoms with van der Waals surface area (Å²) in [5.74, 6) is 0.247. The van der Waals surface area contributed by atoms with Crippen molar-refractivity contribution in [1.82, 2.24) is 10.2 Å². The molecule has 2 aliphatic rings. The largest absolute Gasteiger partial charge is 0.374 e. The topological polar surface area (TPSA) is 58.6 Å². The van der Waals surface area contributed by atoms with Crippen LogP contribution in [0.2, 0.25) is 0 Å². The Morgan fingerprint density at radius 3 is 2.71 bits per heavy atom. The maximum atomic E-state index is 12.4. The molecule has 0 saturated carbocycles. The van der Waals surface area contributed by atoms with E-state index in [1.807, 2.05) is 6.92 Å². The Morgan fingerprint density at radius 1 is 1.29 bits per heavy atom. The smallest absolute Gasteiger partial charge is 0.242 e. The van der Waals surface area contributed by atoms with Crippen molar-refractivity contribution in [2.75, 3.05) is 19.7 Å². The van der Waals surface area contributed by atoms with Crippen LogP contribution < -0.4 is 5.32 Å². The van der Waals surface area contributed by atoms with Crippen molar-refractivity contribution < 1.29 is 14.3 Å². The summed E-state index contributed by atoms with van der Waals surface area (Å²) < 4.78 is 5.65. The first-order chi connectivity index (χ1) is 10.0. The number of carbonyl (C=O) groups excluding carboxylic acids is 2. The number of nitrogens with one attached hydrogen (secondary N) is 1. The van der Waals surface area contributed by atoms with Crippen LogP contribution in [0.15, 0.2) is 12.2 Å². The molecule has 118 valence electrons. The van der Waals surface area contributed by atoms with E-state index in [1.54, 1.807) is 4.90 Å². The van der Waals surface area contributed by atoms with E-state index >= 15 is 0 Å². The molecule has 0 spiro atoms. The average Bonchev–Trinajstić information content (AvgIpc) is 2.93. The normalized spacial score (nSPS) is 29.2. The van der Waals surface area contributed by atoms with Crippen molar-refractivity contribution in [2.24, 2.45) is 5.92 Å². The molecule has 2 saturated heterocycles. The summed E-state index contributed by atoms with van der Waals surface area (Å²) in [6.07, 6.45) is 3.73. The number of nitrogens with zero attached hydrogens (tertiary/aromatic N) is 1. The number of hydrogen-bond donors (Lipinski definition) is 1. The first kappa shape index (κ1) is 16.0. The van der Waals surface area contributed by atoms with Crippen LogP contribution in [0.5, 0.6) is 0 Å². The average molecular weight is 294 g/mol. The van der Waals surface area contributed by atoms with Gasteiger partial charge in [0.05, 0.1) is 6.10 Å². The van der Waals surface area contributed by atoms with Gasteiger partial charge >= 0.3 is 0 Å². The zero-order chi connectivity index (χ0) is 15.4. The molecule has 3 atom stereocenters. The Bertz CT molecular complexity index is 422. The predicted molar refractivity (Wildman–Crippen MR) is 80.7 cm³/mol. The Balaban J connectivity index is 1.88. The molecular weight excluding hydrogens is 268 g/mol. The summed E-state index contributed by atoms with van der Waals surface area (Å²) in [5, 5.41) is 3.01. The van der Waals surface area contributed by atoms with Gasteiger partial charge in [-0.15, -0.1) is 0 Å². The van der Waals surface area contributed by atoms with Crippen molar-refractivity contribution >= 4 is 11.8 Å². The van der Waals surface area contributed by atoms with Crippen LogP contribution in [0.4, 0.5) is 0 Å². The fourth-order valence-corrected chi connectivity index (χ4v) is 3.32. The fraction of sp³-hybridized carbons (Fsp3) is 0.750. The number of carbonyl (C=O) groups is 2. The third kappa shape index (κ3) is 3.84. The predicted octanol–water partition coefficient (Wildman–Crippen LogP) is 1.48. The van der Waals surface area contributed by atoms with Crippen molar-refractivity contribution in [1.29, 1.82) is 0 Å². The van der Waals surface area contributed by atoms with Gasteiger partial charge in [-0.25, -0.2) is 0 Å². The standard InChI is InChI=1S/C16H26N2O3/c1-11(2)15-13(7-9-21-15)10-17-16(20)14-6-4-5-8-18(14)12(3)19/h13-15H,1,4-10H2,2-3H3,(H,17,20). The molecule has 1 N–H and O–H groups in total. The van der Waals surface area contributed by atoms with E-state index in [4.69, 9.17) is 4.74 Å². The highest BCUT2D eigenvalue weighted by Gasteiger charge is 2.33. The number of piperidine rings is 1. The number of hydrogen-bond acceptors (Lipinski definition) is 3. The van der Waals surface area contributed by atoms with E-state index in [0.29, 0.717) is 19.0 Å². The number of ether oxygens (including phenoxy) is 1. The van der Waals surface area contributed by atoms with Crippen molar-refractivity contribution in [2.45, 2.75) is 51.7 Å². The Hall–Kier alpha value is -1.36. The number of likely N-dealkylation sites (tertiary alicyclic amines) is 1. The Labute approximate surface area is 126 Å². The minimum absolute atomic E-state index is 0.0149. The lowest BCUT2D eigenvalue weighted by molar-refractivity contribution is -0.140. The van der Waals surface area contributed by atoms with E-state index in [9.17, 15) is 9.59 Å². The van der Waals surface area contributed by atoms with E-state index in [1.165, 1.54) is 6.92 Å². The van der Waals surface area contributed by atoms with Gasteiger partial charge in [-0.2, -0.15) is 0 Å². The molecule has 0 radical (unpaired) electrons. The number of rotatable bonds is 4. The minimum atomic E-state index is -0.304. The van der Waals surface area contributed by atoms with Gasteiger partial charge in [0, 0.05) is 32.5 Å². The van der Waals surface area contributed by atoms with Crippen LogP contribution in [0.25, 0.3) is 0 Å². The van der Waals surface area contributed by atoms with Gasteiger partial charge in [0.1, 0.15) is 6.04 Å². The monoisotopic (exact) mass is 294 g/mol. The maximum absolute atomic E-state index is 12.4. The van der Waals surface area contributed by atoms with E-state index in [-0.39, 0.29) is 24.0 Å². The molecule has 5 heteroatoms. The van der Waals surface area contributed by atoms with Gasteiger partial charge in [-0.1, -0.05) is 12.2 Å². The van der Waals surface area contributed by atoms with Crippen LogP contribution in [0, 0.1) is 5.92 Å². The quantitative estimate of drug-likeness (QED) is 0.799. The van der Waals surface area contributed by atoms with Crippen molar-refractivity contribution in [3.8, 4) is 0 Å². The zero-order valence-corrected chi connectivity index (χ0v) is 13.1. The summed E-state index contributed by atoms with van der Waals surface area (Å²) in [5.41, 5.74) is 1.01. The summed E-state index contributed by atoms with van der Waals surface area (Å²) >= 11 is 0. The van der Waals surface area contributed by atoms with E-state index < -0.39 is 0 Å². The van der Waals surface area contributed by atoms with E-state index in [2.05, 4.69) is 11.9 Å². The van der Waals surface area contributed by atoms with Crippen LogP contribution in [0.3, 0.4) is 0 Å². The molecular formula is C16H26N2O3. The summed E-state index contributed by atoms with van der Waals surface area (Å²) in [7, 11) is 0. The highest BCUT2D eigenvalue weighted by molar-refractivity contribution is 5.87. The van der Waals surface area contributed by atoms with Crippen molar-refractivity contribution in [3.05, 3.63) is 12.2 Å². The third-order valence-electron chi connectivity index (χ3n) is 4.45. The lowest BCUT2D eigenvalue weighted by Crippen LogP contribution is -2.52. The minimum Gasteiger partial charge on any atom is -0.374 e. The van der Waals surface area contributed by atoms with E-state index in [0.717, 1.165) is 37.9 Å². The molecule has 0 aliphatic carbocycles. The van der Waals surface area contributed by atoms with Crippen LogP contribution in [0.1, 0.15) is 39.5 Å². The first-order valence-corrected chi connectivity index (χ1v) is 7.82. The zero-order valence-electron chi connectivity index (χ0n) is 13.1. The molecule has 2 rings (SSSR count). The van der Waals surface area contributed by atoms with Gasteiger partial charge in [0.25, 0.3) is 0 Å². The molecule has 0 aromatic carbocycles. The number of amides is 2. The van der Waals surface area contributed by atoms with Crippen LogP contribution in [-0.2, 0) is 14.3 Å². The molecule has 2 heterocycles. The summed E-state index contributed by atoms with van der Waals surface area (Å²) in [6, 6.07) is -0.304. The van der Waals surface area contributed by atoms with Gasteiger partial charge in [-0.05, 0) is 32.6 Å². The highest BCUT2D eigenvalue weighted by atomic mass is 16.5. The highest BCUT2D eigenvalue weighted by Crippen LogP contribution is 2.25. The maximum Gasteiger partial charge on any atom is 0.242 e. The van der Waals surface area contributed by atoms with Gasteiger partial charge in [0.2, 0.25) is 11.8 Å². The summed E-state index contributed by atoms with van der Waals surface area (Å²) in [4.78, 5) is 25.7. The van der Waals surface area contributed by atoms with Crippen LogP contribution >= 0.6 is 0 Å². The Morgan fingerprint density at radius 2 is 2.05 bits per heavy atom. The molecule has 0 aromatic heterocycles. The summed E-state index contributed by atoms with van der Waals surface area (Å²) in [6.45, 7) is 9.45. The lowest BCUT2D eigenvalue weighted by Gasteiger charge is -2.34. The molecule has 3 unspecified atom stereocenters. The Kier molecular flexibility index (Phi) is 5.39. The molecule has 2 aliphatic heterocycles. The lowest BCUT2D eigenvalue weighted by atomic mass is 9.96. The molecule has 0 bridgehead atoms. The fourth-order valence-electron chi connectivity index (χ4n) is 3.32. The van der Waals surface area contributed by atoms with Crippen LogP contribution in [-0.4, -0.2) is 48.6 Å². The molecule has 2 fully saturated rings. The SMILES string of the molecule is C=C(C)C1OCCC1CNC(=O)C1CCCCN1C(C)=O. The van der Waals surface area contributed by atoms with Gasteiger partial charge in [-0.3, -0.25) is 9.59 Å².